The fraction of sp³-hybridized carbons (Fsp3) is 0.750. The average molecular weight is 462 g/mol. The second-order valence-electron chi connectivity index (χ2n) is 10.6. The zero-order chi connectivity index (χ0) is 24.5. The molecule has 184 valence electrons. The molecule has 1 aliphatic heterocycles. The van der Waals surface area contributed by atoms with Gasteiger partial charge in [0.2, 0.25) is 11.9 Å². The number of carbonyl (C=O) groups excluding carboxylic acids is 2. The zero-order valence-corrected chi connectivity index (χ0v) is 21.0. The molecule has 0 spiro atoms. The summed E-state index contributed by atoms with van der Waals surface area (Å²) in [5.41, 5.74) is 0.667. The molecule has 0 aromatic carbocycles. The number of anilines is 1. The van der Waals surface area contributed by atoms with Crippen molar-refractivity contribution in [3.8, 4) is 0 Å². The number of rotatable bonds is 4. The first-order chi connectivity index (χ1) is 15.4. The molecule has 1 aliphatic carbocycles. The van der Waals surface area contributed by atoms with E-state index in [-0.39, 0.29) is 42.1 Å². The second kappa shape index (κ2) is 9.73. The molecule has 1 aromatic heterocycles. The van der Waals surface area contributed by atoms with Gasteiger partial charge in [0.25, 0.3) is 5.56 Å². The van der Waals surface area contributed by atoms with Crippen LogP contribution in [0.4, 0.5) is 10.7 Å². The van der Waals surface area contributed by atoms with Crippen molar-refractivity contribution < 1.29 is 14.3 Å². The number of amides is 2. The lowest BCUT2D eigenvalue weighted by Gasteiger charge is -2.37. The molecule has 0 bridgehead atoms. The molecule has 9 heteroatoms. The second-order valence-corrected chi connectivity index (χ2v) is 10.6. The first-order valence-electron chi connectivity index (χ1n) is 12.0. The van der Waals surface area contributed by atoms with Crippen molar-refractivity contribution >= 4 is 17.9 Å². The Morgan fingerprint density at radius 3 is 2.33 bits per heavy atom. The number of nitrogens with zero attached hydrogens (tertiary/aromatic N) is 3. The number of carbonyl (C=O) groups is 2. The molecule has 2 amide bonds. The highest BCUT2D eigenvalue weighted by atomic mass is 16.6. The van der Waals surface area contributed by atoms with E-state index < -0.39 is 11.7 Å². The third kappa shape index (κ3) is 5.68. The van der Waals surface area contributed by atoms with Crippen LogP contribution in [0, 0.1) is 5.92 Å². The molecule has 1 atom stereocenters. The number of hydrogen-bond acceptors (Lipinski definition) is 6. The standard InChI is InChI=1S/C24H39N5O4/c1-14(2)26-22-27-19-13-28(23(32)33-24(4,5)6)15(3)12-18(19)21(31)29(22)17-10-8-16(9-11-17)20(30)25-7/h14-17H,8-13H2,1-7H3,(H,25,30)(H,26,27)/t15-,16-,17-/m1/s1. The topological polar surface area (TPSA) is 106 Å². The molecule has 0 saturated heterocycles. The van der Waals surface area contributed by atoms with E-state index in [2.05, 4.69) is 10.6 Å². The van der Waals surface area contributed by atoms with Crippen LogP contribution in [0.15, 0.2) is 4.79 Å². The molecule has 2 aliphatic rings. The molecule has 0 radical (unpaired) electrons. The van der Waals surface area contributed by atoms with Crippen molar-refractivity contribution in [2.45, 2.75) is 104 Å². The highest BCUT2D eigenvalue weighted by molar-refractivity contribution is 5.78. The first kappa shape index (κ1) is 25.1. The van der Waals surface area contributed by atoms with Crippen LogP contribution in [0.2, 0.25) is 0 Å². The predicted molar refractivity (Wildman–Crippen MR) is 127 cm³/mol. The van der Waals surface area contributed by atoms with Gasteiger partial charge in [-0.15, -0.1) is 0 Å². The number of fused-ring (bicyclic) bond motifs is 1. The minimum absolute atomic E-state index is 0.00310. The molecule has 33 heavy (non-hydrogen) atoms. The molecular weight excluding hydrogens is 422 g/mol. The van der Waals surface area contributed by atoms with Crippen LogP contribution in [0.3, 0.4) is 0 Å². The molecule has 1 saturated carbocycles. The first-order valence-corrected chi connectivity index (χ1v) is 12.0. The van der Waals surface area contributed by atoms with E-state index in [4.69, 9.17) is 9.72 Å². The molecule has 1 fully saturated rings. The average Bonchev–Trinajstić information content (AvgIpc) is 2.72. The number of ether oxygens (including phenoxy) is 1. The summed E-state index contributed by atoms with van der Waals surface area (Å²) in [4.78, 5) is 45.0. The summed E-state index contributed by atoms with van der Waals surface area (Å²) < 4.78 is 7.37. The van der Waals surface area contributed by atoms with E-state index in [1.54, 1.807) is 16.5 Å². The van der Waals surface area contributed by atoms with E-state index in [0.29, 0.717) is 23.6 Å². The maximum Gasteiger partial charge on any atom is 0.410 e. The van der Waals surface area contributed by atoms with Crippen LogP contribution < -0.4 is 16.2 Å². The molecule has 0 unspecified atom stereocenters. The summed E-state index contributed by atoms with van der Waals surface area (Å²) in [5.74, 6) is 0.605. The van der Waals surface area contributed by atoms with E-state index in [1.165, 1.54) is 0 Å². The maximum absolute atomic E-state index is 13.7. The Morgan fingerprint density at radius 1 is 1.15 bits per heavy atom. The van der Waals surface area contributed by atoms with Gasteiger partial charge in [0.1, 0.15) is 5.60 Å². The Morgan fingerprint density at radius 2 is 1.79 bits per heavy atom. The van der Waals surface area contributed by atoms with Gasteiger partial charge in [-0.1, -0.05) is 0 Å². The van der Waals surface area contributed by atoms with Crippen molar-refractivity contribution in [3.05, 3.63) is 21.6 Å². The molecule has 2 heterocycles. The molecule has 2 N–H and O–H groups in total. The lowest BCUT2D eigenvalue weighted by Crippen LogP contribution is -2.48. The monoisotopic (exact) mass is 461 g/mol. The van der Waals surface area contributed by atoms with Gasteiger partial charge in [0.05, 0.1) is 12.2 Å². The third-order valence-electron chi connectivity index (χ3n) is 6.37. The van der Waals surface area contributed by atoms with E-state index >= 15 is 0 Å². The Labute approximate surface area is 196 Å². The largest absolute Gasteiger partial charge is 0.444 e. The molecule has 9 nitrogen and oxygen atoms in total. The van der Waals surface area contributed by atoms with Crippen LogP contribution in [-0.4, -0.2) is 51.2 Å². The number of aromatic nitrogens is 2. The smallest absolute Gasteiger partial charge is 0.410 e. The summed E-state index contributed by atoms with van der Waals surface area (Å²) in [6, 6.07) is -0.0762. The van der Waals surface area contributed by atoms with Gasteiger partial charge in [0, 0.05) is 43.1 Å². The number of nitrogens with one attached hydrogen (secondary N) is 2. The van der Waals surface area contributed by atoms with Crippen molar-refractivity contribution in [2.24, 2.45) is 5.92 Å². The lowest BCUT2D eigenvalue weighted by molar-refractivity contribution is -0.125. The highest BCUT2D eigenvalue weighted by Crippen LogP contribution is 2.34. The summed E-state index contributed by atoms with van der Waals surface area (Å²) in [5, 5.41) is 6.07. The predicted octanol–water partition coefficient (Wildman–Crippen LogP) is 3.22. The van der Waals surface area contributed by atoms with Crippen LogP contribution in [0.25, 0.3) is 0 Å². The Bertz CT molecular complexity index is 941. The molecule has 3 rings (SSSR count). The summed E-state index contributed by atoms with van der Waals surface area (Å²) >= 11 is 0. The Balaban J connectivity index is 1.93. The minimum Gasteiger partial charge on any atom is -0.444 e. The summed E-state index contributed by atoms with van der Waals surface area (Å²) in [6.07, 6.45) is 3.05. The van der Waals surface area contributed by atoms with Crippen LogP contribution in [-0.2, 0) is 22.5 Å². The summed E-state index contributed by atoms with van der Waals surface area (Å²) in [7, 11) is 1.67. The van der Waals surface area contributed by atoms with Crippen LogP contribution >= 0.6 is 0 Å². The SMILES string of the molecule is CNC(=O)[C@H]1CC[C@H](n2c(NC(C)C)nc3c(c2=O)C[C@@H](C)N(C(=O)OC(C)(C)C)C3)CC1. The van der Waals surface area contributed by atoms with Crippen LogP contribution in [0.5, 0.6) is 0 Å². The van der Waals surface area contributed by atoms with Crippen molar-refractivity contribution in [1.29, 1.82) is 0 Å². The van der Waals surface area contributed by atoms with Gasteiger partial charge < -0.3 is 15.4 Å². The van der Waals surface area contributed by atoms with Crippen molar-refractivity contribution in [3.63, 3.8) is 0 Å². The molecular formula is C24H39N5O4. The quantitative estimate of drug-likeness (QED) is 0.713. The maximum atomic E-state index is 13.7. The highest BCUT2D eigenvalue weighted by Gasteiger charge is 2.35. The van der Waals surface area contributed by atoms with Gasteiger partial charge in [0.15, 0.2) is 0 Å². The fourth-order valence-corrected chi connectivity index (χ4v) is 4.74. The van der Waals surface area contributed by atoms with Crippen molar-refractivity contribution in [1.82, 2.24) is 19.8 Å². The van der Waals surface area contributed by atoms with Gasteiger partial charge in [-0.2, -0.15) is 0 Å². The zero-order valence-electron chi connectivity index (χ0n) is 21.0. The molecule has 1 aromatic rings. The van der Waals surface area contributed by atoms with Gasteiger partial charge in [-0.3, -0.25) is 19.1 Å². The Hall–Kier alpha value is -2.58. The van der Waals surface area contributed by atoms with Gasteiger partial charge in [-0.25, -0.2) is 9.78 Å². The minimum atomic E-state index is -0.591. The Kier molecular flexibility index (Phi) is 7.39. The van der Waals surface area contributed by atoms with Crippen LogP contribution in [0.1, 0.15) is 84.5 Å². The van der Waals surface area contributed by atoms with E-state index in [0.717, 1.165) is 25.7 Å². The van der Waals surface area contributed by atoms with Gasteiger partial charge >= 0.3 is 6.09 Å². The normalized spacial score (nSPS) is 23.2. The van der Waals surface area contributed by atoms with E-state index in [1.807, 2.05) is 41.5 Å². The number of hydrogen-bond donors (Lipinski definition) is 2. The van der Waals surface area contributed by atoms with Crippen molar-refractivity contribution in [2.75, 3.05) is 12.4 Å². The fourth-order valence-electron chi connectivity index (χ4n) is 4.74. The van der Waals surface area contributed by atoms with Gasteiger partial charge in [-0.05, 0) is 67.2 Å². The lowest BCUT2D eigenvalue weighted by atomic mass is 9.85. The third-order valence-corrected chi connectivity index (χ3v) is 6.37. The van der Waals surface area contributed by atoms with E-state index in [9.17, 15) is 14.4 Å². The summed E-state index contributed by atoms with van der Waals surface area (Å²) in [6.45, 7) is 11.7.